The number of amides is 2. The van der Waals surface area contributed by atoms with Crippen molar-refractivity contribution in [2.75, 3.05) is 45.0 Å². The Hall–Kier alpha value is -1.53. The Morgan fingerprint density at radius 2 is 1.79 bits per heavy atom. The quantitative estimate of drug-likeness (QED) is 0.495. The maximum Gasteiger partial charge on any atom is 0.226 e. The summed E-state index contributed by atoms with van der Waals surface area (Å²) in [4.78, 5) is 30.8. The predicted molar refractivity (Wildman–Crippen MR) is 119 cm³/mol. The van der Waals surface area contributed by atoms with Gasteiger partial charge in [0, 0.05) is 42.1 Å². The van der Waals surface area contributed by atoms with Gasteiger partial charge in [0.05, 0.1) is 0 Å². The molecule has 6 heteroatoms. The van der Waals surface area contributed by atoms with Crippen molar-refractivity contribution in [3.63, 3.8) is 0 Å². The van der Waals surface area contributed by atoms with Crippen LogP contribution in [-0.4, -0.2) is 66.6 Å². The highest BCUT2D eigenvalue weighted by molar-refractivity contribution is 7.99. The molecule has 0 saturated carbocycles. The highest BCUT2D eigenvalue weighted by Crippen LogP contribution is 2.23. The molecule has 1 atom stereocenters. The first-order valence-corrected chi connectivity index (χ1v) is 12.1. The molecule has 1 aromatic rings. The lowest BCUT2D eigenvalue weighted by molar-refractivity contribution is -0.138. The van der Waals surface area contributed by atoms with Gasteiger partial charge in [0.15, 0.2) is 0 Å². The molecule has 2 aliphatic heterocycles. The standard InChI is InChI=1S/C23H35N3O2S/c1-19(18-29-21-8-3-2-4-9-21)23(28)26-16-10-20(11-17-26)22(27)24-12-7-15-25-13-5-6-14-25/h2-4,8-9,19-20H,5-7,10-18H2,1H3,(H,24,27). The van der Waals surface area contributed by atoms with Gasteiger partial charge in [-0.15, -0.1) is 11.8 Å². The molecule has 29 heavy (non-hydrogen) atoms. The molecule has 3 rings (SSSR count). The number of nitrogens with zero attached hydrogens (tertiary/aromatic N) is 2. The summed E-state index contributed by atoms with van der Waals surface area (Å²) in [5.41, 5.74) is 0. The van der Waals surface area contributed by atoms with Crippen molar-refractivity contribution in [2.45, 2.75) is 43.9 Å². The van der Waals surface area contributed by atoms with Crippen molar-refractivity contribution >= 4 is 23.6 Å². The first kappa shape index (κ1) is 22.2. The average molecular weight is 418 g/mol. The second kappa shape index (κ2) is 11.6. The van der Waals surface area contributed by atoms with Crippen molar-refractivity contribution in [3.05, 3.63) is 30.3 Å². The zero-order valence-electron chi connectivity index (χ0n) is 17.6. The highest BCUT2D eigenvalue weighted by Gasteiger charge is 2.29. The highest BCUT2D eigenvalue weighted by atomic mass is 32.2. The molecule has 2 saturated heterocycles. The van der Waals surface area contributed by atoms with Crippen LogP contribution in [0.1, 0.15) is 39.0 Å². The number of benzene rings is 1. The Morgan fingerprint density at radius 3 is 2.48 bits per heavy atom. The summed E-state index contributed by atoms with van der Waals surface area (Å²) < 4.78 is 0. The molecule has 0 spiro atoms. The van der Waals surface area contributed by atoms with E-state index in [0.29, 0.717) is 13.1 Å². The summed E-state index contributed by atoms with van der Waals surface area (Å²) >= 11 is 1.73. The van der Waals surface area contributed by atoms with Crippen LogP contribution in [-0.2, 0) is 9.59 Å². The number of likely N-dealkylation sites (tertiary alicyclic amines) is 2. The van der Waals surface area contributed by atoms with Crippen LogP contribution in [0.25, 0.3) is 0 Å². The monoisotopic (exact) mass is 417 g/mol. The molecule has 160 valence electrons. The van der Waals surface area contributed by atoms with Gasteiger partial charge in [0.2, 0.25) is 11.8 Å². The first-order chi connectivity index (χ1) is 14.1. The van der Waals surface area contributed by atoms with Crippen LogP contribution in [0, 0.1) is 11.8 Å². The van der Waals surface area contributed by atoms with E-state index in [9.17, 15) is 9.59 Å². The third-order valence-electron chi connectivity index (χ3n) is 5.99. The van der Waals surface area contributed by atoms with Crippen molar-refractivity contribution in [2.24, 2.45) is 11.8 Å². The van der Waals surface area contributed by atoms with E-state index >= 15 is 0 Å². The maximum absolute atomic E-state index is 12.7. The Labute approximate surface area is 179 Å². The van der Waals surface area contributed by atoms with Gasteiger partial charge in [0.1, 0.15) is 0 Å². The van der Waals surface area contributed by atoms with Crippen molar-refractivity contribution in [1.82, 2.24) is 15.1 Å². The fraction of sp³-hybridized carbons (Fsp3) is 0.652. The first-order valence-electron chi connectivity index (χ1n) is 11.1. The molecule has 2 fully saturated rings. The topological polar surface area (TPSA) is 52.7 Å². The van der Waals surface area contributed by atoms with Crippen LogP contribution >= 0.6 is 11.8 Å². The van der Waals surface area contributed by atoms with E-state index in [0.717, 1.165) is 38.1 Å². The minimum absolute atomic E-state index is 0.00355. The van der Waals surface area contributed by atoms with Crippen molar-refractivity contribution < 1.29 is 9.59 Å². The van der Waals surface area contributed by atoms with E-state index in [2.05, 4.69) is 22.3 Å². The SMILES string of the molecule is CC(CSc1ccccc1)C(=O)N1CCC(C(=O)NCCCN2CCCC2)CC1. The molecule has 1 aromatic carbocycles. The lowest BCUT2D eigenvalue weighted by atomic mass is 9.95. The Morgan fingerprint density at radius 1 is 1.10 bits per heavy atom. The zero-order valence-corrected chi connectivity index (χ0v) is 18.5. The van der Waals surface area contributed by atoms with Gasteiger partial charge in [-0.1, -0.05) is 25.1 Å². The molecule has 0 radical (unpaired) electrons. The zero-order chi connectivity index (χ0) is 20.5. The van der Waals surface area contributed by atoms with E-state index in [-0.39, 0.29) is 23.7 Å². The number of thioether (sulfide) groups is 1. The molecule has 0 aliphatic carbocycles. The number of rotatable bonds is 9. The normalized spacial score (nSPS) is 19.3. The van der Waals surface area contributed by atoms with Crippen LogP contribution in [0.5, 0.6) is 0 Å². The molecule has 2 heterocycles. The predicted octanol–water partition coefficient (Wildman–Crippen LogP) is 3.26. The van der Waals surface area contributed by atoms with Crippen molar-refractivity contribution in [1.29, 1.82) is 0 Å². The third-order valence-corrected chi connectivity index (χ3v) is 7.26. The van der Waals surface area contributed by atoms with Crippen molar-refractivity contribution in [3.8, 4) is 0 Å². The fourth-order valence-electron chi connectivity index (χ4n) is 4.15. The van der Waals surface area contributed by atoms with E-state index in [1.54, 1.807) is 11.8 Å². The summed E-state index contributed by atoms with van der Waals surface area (Å²) in [5.74, 6) is 1.24. The molecule has 2 amide bonds. The van der Waals surface area contributed by atoms with Gasteiger partial charge in [-0.05, 0) is 63.9 Å². The molecule has 0 aromatic heterocycles. The van der Waals surface area contributed by atoms with Crippen LogP contribution < -0.4 is 5.32 Å². The molecule has 0 bridgehead atoms. The summed E-state index contributed by atoms with van der Waals surface area (Å²) in [7, 11) is 0. The third kappa shape index (κ3) is 7.03. The minimum Gasteiger partial charge on any atom is -0.356 e. The van der Waals surface area contributed by atoms with Gasteiger partial charge in [-0.3, -0.25) is 9.59 Å². The molecular weight excluding hydrogens is 382 g/mol. The smallest absolute Gasteiger partial charge is 0.226 e. The Bertz CT molecular complexity index is 641. The van der Waals surface area contributed by atoms with Gasteiger partial charge in [-0.25, -0.2) is 0 Å². The number of hydrogen-bond acceptors (Lipinski definition) is 4. The average Bonchev–Trinajstić information content (AvgIpc) is 3.29. The fourth-order valence-corrected chi connectivity index (χ4v) is 5.08. The summed E-state index contributed by atoms with van der Waals surface area (Å²) in [6, 6.07) is 10.2. The molecular formula is C23H35N3O2S. The number of hydrogen-bond donors (Lipinski definition) is 1. The second-order valence-electron chi connectivity index (χ2n) is 8.32. The number of piperidine rings is 1. The summed E-state index contributed by atoms with van der Waals surface area (Å²) in [6.45, 7) is 7.69. The molecule has 1 N–H and O–H groups in total. The largest absolute Gasteiger partial charge is 0.356 e. The second-order valence-corrected chi connectivity index (χ2v) is 9.41. The van der Waals surface area contributed by atoms with Gasteiger partial charge in [0.25, 0.3) is 0 Å². The number of carbonyl (C=O) groups is 2. The number of nitrogens with one attached hydrogen (secondary N) is 1. The van der Waals surface area contributed by atoms with E-state index < -0.39 is 0 Å². The van der Waals surface area contributed by atoms with Crippen LogP contribution in [0.15, 0.2) is 35.2 Å². The van der Waals surface area contributed by atoms with Crippen LogP contribution in [0.3, 0.4) is 0 Å². The van der Waals surface area contributed by atoms with E-state index in [1.165, 1.54) is 30.8 Å². The maximum atomic E-state index is 12.7. The lowest BCUT2D eigenvalue weighted by Crippen LogP contribution is -2.45. The molecule has 2 aliphatic rings. The van der Waals surface area contributed by atoms with E-state index in [1.807, 2.05) is 30.0 Å². The van der Waals surface area contributed by atoms with Gasteiger partial charge >= 0.3 is 0 Å². The lowest BCUT2D eigenvalue weighted by Gasteiger charge is -2.33. The van der Waals surface area contributed by atoms with E-state index in [4.69, 9.17) is 0 Å². The van der Waals surface area contributed by atoms with Gasteiger partial charge in [-0.2, -0.15) is 0 Å². The number of carbonyl (C=O) groups excluding carboxylic acids is 2. The minimum atomic E-state index is -0.00355. The Kier molecular flexibility index (Phi) is 8.87. The Balaban J connectivity index is 1.31. The summed E-state index contributed by atoms with van der Waals surface area (Å²) in [5, 5.41) is 3.11. The molecule has 1 unspecified atom stereocenters. The van der Waals surface area contributed by atoms with Crippen LogP contribution in [0.4, 0.5) is 0 Å². The van der Waals surface area contributed by atoms with Crippen LogP contribution in [0.2, 0.25) is 0 Å². The van der Waals surface area contributed by atoms with Gasteiger partial charge < -0.3 is 15.1 Å². The molecule has 5 nitrogen and oxygen atoms in total. The summed E-state index contributed by atoms with van der Waals surface area (Å²) in [6.07, 6.45) is 5.21.